The molecule has 3 heteroatoms. The molecule has 120 valence electrons. The minimum absolute atomic E-state index is 0.542. The molecule has 0 aromatic heterocycles. The van der Waals surface area contributed by atoms with Crippen molar-refractivity contribution in [1.82, 2.24) is 0 Å². The average Bonchev–Trinajstić information content (AvgIpc) is 2.58. The maximum absolute atomic E-state index is 11.0. The van der Waals surface area contributed by atoms with E-state index in [0.29, 0.717) is 5.69 Å². The van der Waals surface area contributed by atoms with Gasteiger partial charge in [-0.1, -0.05) is 86.0 Å². The zero-order chi connectivity index (χ0) is 17.4. The average molecular weight is 317 g/mol. The monoisotopic (exact) mass is 317 g/mol. The van der Waals surface area contributed by atoms with Gasteiger partial charge in [0.1, 0.15) is 0 Å². The van der Waals surface area contributed by atoms with Crippen LogP contribution in [-0.4, -0.2) is 11.2 Å². The van der Waals surface area contributed by atoms with E-state index < -0.39 is 6.09 Å². The molecule has 0 aliphatic heterocycles. The van der Waals surface area contributed by atoms with Crippen molar-refractivity contribution in [1.29, 1.82) is 0 Å². The molecule has 1 amide bonds. The number of carbonyl (C=O) groups is 1. The van der Waals surface area contributed by atoms with Gasteiger partial charge in [0.05, 0.1) is 5.69 Å². The Balaban J connectivity index is 2.45. The SMILES string of the molecule is C=C/C=C/C=C/C(=C)c1ccccc1-c1ccccc1NC(=O)O. The third kappa shape index (κ3) is 4.34. The fraction of sp³-hybridized carbons (Fsp3) is 0. The first kappa shape index (κ1) is 17.0. The number of rotatable bonds is 6. The molecular formula is C21H19NO2. The summed E-state index contributed by atoms with van der Waals surface area (Å²) in [6, 6.07) is 15.1. The van der Waals surface area contributed by atoms with Crippen molar-refractivity contribution in [2.75, 3.05) is 5.32 Å². The van der Waals surface area contributed by atoms with Crippen LogP contribution < -0.4 is 5.32 Å². The summed E-state index contributed by atoms with van der Waals surface area (Å²) in [6.45, 7) is 7.74. The van der Waals surface area contributed by atoms with Gasteiger partial charge in [0.25, 0.3) is 0 Å². The van der Waals surface area contributed by atoms with Gasteiger partial charge < -0.3 is 5.11 Å². The quantitative estimate of drug-likeness (QED) is 0.666. The summed E-state index contributed by atoms with van der Waals surface area (Å²) in [4.78, 5) is 11.0. The lowest BCUT2D eigenvalue weighted by Crippen LogP contribution is -2.08. The third-order valence-corrected chi connectivity index (χ3v) is 3.39. The standard InChI is InChI=1S/C21H19NO2/c1-3-4-5-6-11-16(2)17-12-7-8-13-18(17)19-14-9-10-15-20(19)22-21(23)24/h3-15,22H,1-2H2,(H,23,24)/b5-4+,11-6+. The Morgan fingerprint density at radius 2 is 1.62 bits per heavy atom. The Hall–Kier alpha value is -3.33. The molecule has 0 saturated carbocycles. The van der Waals surface area contributed by atoms with E-state index in [2.05, 4.69) is 18.5 Å². The molecule has 0 radical (unpaired) electrons. The number of amides is 1. The summed E-state index contributed by atoms with van der Waals surface area (Å²) < 4.78 is 0. The van der Waals surface area contributed by atoms with E-state index in [4.69, 9.17) is 5.11 Å². The highest BCUT2D eigenvalue weighted by Crippen LogP contribution is 2.33. The van der Waals surface area contributed by atoms with Crippen LogP contribution in [0.5, 0.6) is 0 Å². The fourth-order valence-electron chi connectivity index (χ4n) is 2.34. The fourth-order valence-corrected chi connectivity index (χ4v) is 2.34. The first-order valence-electron chi connectivity index (χ1n) is 7.47. The molecule has 0 fully saturated rings. The number of carboxylic acid groups (broad SMARTS) is 1. The predicted molar refractivity (Wildman–Crippen MR) is 101 cm³/mol. The highest BCUT2D eigenvalue weighted by atomic mass is 16.4. The lowest BCUT2D eigenvalue weighted by Gasteiger charge is -2.13. The first-order chi connectivity index (χ1) is 11.6. The second-order valence-electron chi connectivity index (χ2n) is 5.03. The van der Waals surface area contributed by atoms with Crippen molar-refractivity contribution in [2.24, 2.45) is 0 Å². The number of allylic oxidation sites excluding steroid dienone is 6. The maximum atomic E-state index is 11.0. The van der Waals surface area contributed by atoms with Gasteiger partial charge in [0, 0.05) is 5.56 Å². The Labute approximate surface area is 142 Å². The van der Waals surface area contributed by atoms with Crippen molar-refractivity contribution < 1.29 is 9.90 Å². The van der Waals surface area contributed by atoms with E-state index in [1.807, 2.05) is 60.7 Å². The van der Waals surface area contributed by atoms with Crippen molar-refractivity contribution in [2.45, 2.75) is 0 Å². The van der Waals surface area contributed by atoms with E-state index in [1.54, 1.807) is 18.2 Å². The topological polar surface area (TPSA) is 49.3 Å². The third-order valence-electron chi connectivity index (χ3n) is 3.39. The number of hydrogen-bond donors (Lipinski definition) is 2. The molecular weight excluding hydrogens is 298 g/mol. The maximum Gasteiger partial charge on any atom is 0.409 e. The summed E-state index contributed by atoms with van der Waals surface area (Å²) in [5.41, 5.74) is 4.06. The summed E-state index contributed by atoms with van der Waals surface area (Å²) >= 11 is 0. The van der Waals surface area contributed by atoms with E-state index in [0.717, 1.165) is 22.3 Å². The molecule has 0 aliphatic carbocycles. The molecule has 0 saturated heterocycles. The molecule has 3 nitrogen and oxygen atoms in total. The molecule has 0 unspecified atom stereocenters. The van der Waals surface area contributed by atoms with Gasteiger partial charge in [-0.2, -0.15) is 0 Å². The highest BCUT2D eigenvalue weighted by molar-refractivity contribution is 5.94. The van der Waals surface area contributed by atoms with Crippen LogP contribution in [0, 0.1) is 0 Å². The van der Waals surface area contributed by atoms with Crippen LogP contribution >= 0.6 is 0 Å². The van der Waals surface area contributed by atoms with Crippen LogP contribution in [0.25, 0.3) is 16.7 Å². The van der Waals surface area contributed by atoms with Crippen LogP contribution in [0.1, 0.15) is 5.56 Å². The van der Waals surface area contributed by atoms with Gasteiger partial charge >= 0.3 is 6.09 Å². The molecule has 2 N–H and O–H groups in total. The molecule has 2 aromatic carbocycles. The minimum Gasteiger partial charge on any atom is -0.465 e. The molecule has 24 heavy (non-hydrogen) atoms. The van der Waals surface area contributed by atoms with Gasteiger partial charge in [-0.15, -0.1) is 0 Å². The van der Waals surface area contributed by atoms with Crippen molar-refractivity contribution >= 4 is 17.4 Å². The van der Waals surface area contributed by atoms with Crippen LogP contribution in [0.4, 0.5) is 10.5 Å². The number of hydrogen-bond acceptors (Lipinski definition) is 1. The molecule has 2 aromatic rings. The van der Waals surface area contributed by atoms with Crippen molar-refractivity contribution in [3.05, 3.63) is 97.6 Å². The number of benzene rings is 2. The molecule has 0 heterocycles. The number of para-hydroxylation sites is 1. The molecule has 2 rings (SSSR count). The Kier molecular flexibility index (Phi) is 5.92. The zero-order valence-electron chi connectivity index (χ0n) is 13.3. The van der Waals surface area contributed by atoms with Crippen LogP contribution in [-0.2, 0) is 0 Å². The van der Waals surface area contributed by atoms with Crippen LogP contribution in [0.2, 0.25) is 0 Å². The zero-order valence-corrected chi connectivity index (χ0v) is 13.3. The smallest absolute Gasteiger partial charge is 0.409 e. The second-order valence-corrected chi connectivity index (χ2v) is 5.03. The molecule has 0 aliphatic rings. The largest absolute Gasteiger partial charge is 0.465 e. The number of anilines is 1. The summed E-state index contributed by atoms with van der Waals surface area (Å²) in [5, 5.41) is 11.5. The van der Waals surface area contributed by atoms with E-state index in [1.165, 1.54) is 0 Å². The second kappa shape index (κ2) is 8.34. The Morgan fingerprint density at radius 1 is 0.958 bits per heavy atom. The van der Waals surface area contributed by atoms with Crippen LogP contribution in [0.3, 0.4) is 0 Å². The van der Waals surface area contributed by atoms with E-state index in [-0.39, 0.29) is 0 Å². The van der Waals surface area contributed by atoms with Crippen molar-refractivity contribution in [3.63, 3.8) is 0 Å². The summed E-state index contributed by atoms with van der Waals surface area (Å²) in [6.07, 6.45) is 8.12. The molecule has 0 bridgehead atoms. The minimum atomic E-state index is -1.09. The Morgan fingerprint density at radius 3 is 2.33 bits per heavy atom. The van der Waals surface area contributed by atoms with Gasteiger partial charge in [-0.25, -0.2) is 4.79 Å². The number of nitrogens with one attached hydrogen (secondary N) is 1. The van der Waals surface area contributed by atoms with E-state index in [9.17, 15) is 4.79 Å². The van der Waals surface area contributed by atoms with Gasteiger partial charge in [0.15, 0.2) is 0 Å². The lowest BCUT2D eigenvalue weighted by atomic mass is 9.94. The van der Waals surface area contributed by atoms with Gasteiger partial charge in [0.2, 0.25) is 0 Å². The van der Waals surface area contributed by atoms with E-state index >= 15 is 0 Å². The normalized spacial score (nSPS) is 10.8. The highest BCUT2D eigenvalue weighted by Gasteiger charge is 2.11. The molecule has 0 spiro atoms. The first-order valence-corrected chi connectivity index (χ1v) is 7.47. The summed E-state index contributed by atoms with van der Waals surface area (Å²) in [5.74, 6) is 0. The Bertz CT molecular complexity index is 816. The predicted octanol–water partition coefficient (Wildman–Crippen LogP) is 5.76. The lowest BCUT2D eigenvalue weighted by molar-refractivity contribution is 0.210. The van der Waals surface area contributed by atoms with Gasteiger partial charge in [-0.05, 0) is 22.8 Å². The summed E-state index contributed by atoms with van der Waals surface area (Å²) in [7, 11) is 0. The van der Waals surface area contributed by atoms with Gasteiger partial charge in [-0.3, -0.25) is 5.32 Å². The van der Waals surface area contributed by atoms with Crippen LogP contribution in [0.15, 0.2) is 92.1 Å². The van der Waals surface area contributed by atoms with Crippen molar-refractivity contribution in [3.8, 4) is 11.1 Å². The molecule has 0 atom stereocenters.